The molecule has 1 aliphatic heterocycles. The lowest BCUT2D eigenvalue weighted by molar-refractivity contribution is -0.152. The first-order valence-electron chi connectivity index (χ1n) is 6.21. The van der Waals surface area contributed by atoms with Gasteiger partial charge >= 0.3 is 5.97 Å². The molecule has 0 N–H and O–H groups in total. The van der Waals surface area contributed by atoms with Gasteiger partial charge < -0.3 is 4.74 Å². The minimum absolute atomic E-state index is 0.0792. The number of esters is 1. The van der Waals surface area contributed by atoms with E-state index in [1.807, 2.05) is 6.92 Å². The van der Waals surface area contributed by atoms with E-state index in [1.54, 1.807) is 12.1 Å². The summed E-state index contributed by atoms with van der Waals surface area (Å²) in [7, 11) is -3.71. The van der Waals surface area contributed by atoms with Crippen LogP contribution in [-0.2, 0) is 19.6 Å². The summed E-state index contributed by atoms with van der Waals surface area (Å²) in [4.78, 5) is 13.2. The number of sulfonamides is 1. The number of hydrogen-bond donors (Lipinski definition) is 0. The van der Waals surface area contributed by atoms with Crippen LogP contribution in [0.4, 0.5) is 0 Å². The number of morpholine rings is 1. The van der Waals surface area contributed by atoms with Crippen LogP contribution >= 0.6 is 15.9 Å². The third-order valence-electron chi connectivity index (χ3n) is 2.98. The number of rotatable bonds is 3. The number of cyclic esters (lactones) is 1. The van der Waals surface area contributed by atoms with Crippen LogP contribution in [0.2, 0.25) is 0 Å². The molecule has 2 rings (SSSR count). The number of carbonyl (C=O) groups is 1. The van der Waals surface area contributed by atoms with Crippen LogP contribution in [0.1, 0.15) is 5.56 Å². The van der Waals surface area contributed by atoms with Crippen molar-refractivity contribution < 1.29 is 17.9 Å². The number of carbonyl (C=O) groups excluding carboxylic acids is 1. The Morgan fingerprint density at radius 2 is 2.05 bits per heavy atom. The molecule has 0 spiro atoms. The largest absolute Gasteiger partial charge is 0.455 e. The first-order valence-corrected chi connectivity index (χ1v) is 8.56. The topological polar surface area (TPSA) is 63.7 Å². The quantitative estimate of drug-likeness (QED) is 0.601. The molecule has 5 nitrogen and oxygen atoms in total. The van der Waals surface area contributed by atoms with Crippen molar-refractivity contribution in [2.24, 2.45) is 0 Å². The molecular formula is C14H14BrNO4S. The zero-order chi connectivity index (χ0) is 15.5. The summed E-state index contributed by atoms with van der Waals surface area (Å²) in [5.74, 6) is -0.574. The molecule has 0 unspecified atom stereocenters. The van der Waals surface area contributed by atoms with E-state index in [9.17, 15) is 13.2 Å². The summed E-state index contributed by atoms with van der Waals surface area (Å²) in [5.41, 5.74) is 3.69. The highest BCUT2D eigenvalue weighted by atomic mass is 79.9. The number of nitrogens with zero attached hydrogens (tertiary/aromatic N) is 1. The van der Waals surface area contributed by atoms with E-state index in [0.717, 1.165) is 9.87 Å². The Hall–Kier alpha value is -1.40. The summed E-state index contributed by atoms with van der Waals surface area (Å²) < 4.78 is 31.3. The Morgan fingerprint density at radius 1 is 1.38 bits per heavy atom. The predicted octanol–water partition coefficient (Wildman–Crippen LogP) is 1.97. The summed E-state index contributed by atoms with van der Waals surface area (Å²) in [6.07, 6.45) is 0.865. The first kappa shape index (κ1) is 16.0. The molecule has 7 heteroatoms. The molecule has 0 amide bonds. The van der Waals surface area contributed by atoms with Crippen molar-refractivity contribution in [3.05, 3.63) is 46.6 Å². The maximum Gasteiger partial charge on any atom is 0.321 e. The van der Waals surface area contributed by atoms with Crippen molar-refractivity contribution in [3.63, 3.8) is 0 Å². The van der Waals surface area contributed by atoms with E-state index in [-0.39, 0.29) is 18.0 Å². The minimum Gasteiger partial charge on any atom is -0.455 e. The zero-order valence-electron chi connectivity index (χ0n) is 11.3. The first-order chi connectivity index (χ1) is 9.93. The van der Waals surface area contributed by atoms with E-state index >= 15 is 0 Å². The highest BCUT2D eigenvalue weighted by molar-refractivity contribution is 9.11. The average Bonchev–Trinajstić information content (AvgIpc) is 2.45. The molecule has 1 saturated heterocycles. The van der Waals surface area contributed by atoms with E-state index in [1.165, 1.54) is 23.2 Å². The van der Waals surface area contributed by atoms with E-state index in [2.05, 4.69) is 21.7 Å². The van der Waals surface area contributed by atoms with E-state index in [0.29, 0.717) is 0 Å². The third kappa shape index (κ3) is 3.83. The molecule has 21 heavy (non-hydrogen) atoms. The molecule has 112 valence electrons. The highest BCUT2D eigenvalue weighted by Gasteiger charge is 2.34. The molecule has 1 fully saturated rings. The van der Waals surface area contributed by atoms with Crippen LogP contribution in [0.3, 0.4) is 0 Å². The van der Waals surface area contributed by atoms with Crippen LogP contribution in [-0.4, -0.2) is 37.9 Å². The fourth-order valence-corrected chi connectivity index (χ4v) is 3.47. The van der Waals surface area contributed by atoms with Crippen LogP contribution in [0.15, 0.2) is 46.0 Å². The third-order valence-corrected chi connectivity index (χ3v) is 5.07. The van der Waals surface area contributed by atoms with Gasteiger partial charge in [0.05, 0.1) is 11.4 Å². The standard InChI is InChI=1S/C14H14BrNO4S/c1-11-4-6-13(7-5-11)21(18,19)16-9-12(3-2-8-15)20-14(17)10-16/h3-8,12H,9-10H2,1H3/t2?,12-/m0/s1. The molecule has 0 aliphatic carbocycles. The number of ether oxygens (including phenoxy) is 1. The van der Waals surface area contributed by atoms with Crippen molar-refractivity contribution in [2.45, 2.75) is 17.9 Å². The van der Waals surface area contributed by atoms with Crippen LogP contribution in [0, 0.1) is 6.92 Å². The van der Waals surface area contributed by atoms with Gasteiger partial charge in [-0.25, -0.2) is 8.42 Å². The second-order valence-electron chi connectivity index (χ2n) is 4.58. The molecule has 1 heterocycles. The smallest absolute Gasteiger partial charge is 0.321 e. The second kappa shape index (κ2) is 6.58. The maximum absolute atomic E-state index is 12.5. The average molecular weight is 372 g/mol. The van der Waals surface area contributed by atoms with Gasteiger partial charge in [-0.3, -0.25) is 4.79 Å². The normalized spacial score (nSPS) is 19.5. The lowest BCUT2D eigenvalue weighted by Gasteiger charge is -2.29. The summed E-state index contributed by atoms with van der Waals surface area (Å²) in [5, 5.41) is 0. The number of hydrogen-bond acceptors (Lipinski definition) is 4. The summed E-state index contributed by atoms with van der Waals surface area (Å²) in [6.45, 7) is 1.68. The molecule has 0 radical (unpaired) electrons. The summed E-state index contributed by atoms with van der Waals surface area (Å²) >= 11 is 3.05. The second-order valence-corrected chi connectivity index (χ2v) is 6.98. The zero-order valence-corrected chi connectivity index (χ0v) is 13.7. The van der Waals surface area contributed by atoms with Gasteiger partial charge in [0.15, 0.2) is 0 Å². The van der Waals surface area contributed by atoms with Crippen molar-refractivity contribution >= 4 is 31.9 Å². The Bertz CT molecular complexity index is 690. The Morgan fingerprint density at radius 3 is 2.67 bits per heavy atom. The van der Waals surface area contributed by atoms with Crippen LogP contribution in [0.25, 0.3) is 0 Å². The fourth-order valence-electron chi connectivity index (χ4n) is 1.93. The molecular weight excluding hydrogens is 358 g/mol. The molecule has 0 saturated carbocycles. The lowest BCUT2D eigenvalue weighted by atomic mass is 10.2. The monoisotopic (exact) mass is 371 g/mol. The number of aryl methyl sites for hydroxylation is 1. The molecule has 1 aromatic carbocycles. The van der Waals surface area contributed by atoms with Gasteiger partial charge in [0.1, 0.15) is 12.6 Å². The Kier molecular flexibility index (Phi) is 5.00. The van der Waals surface area contributed by atoms with Crippen LogP contribution in [0.5, 0.6) is 0 Å². The number of benzene rings is 1. The van der Waals surface area contributed by atoms with Gasteiger partial charge in [-0.1, -0.05) is 33.6 Å². The van der Waals surface area contributed by atoms with Gasteiger partial charge in [-0.15, -0.1) is 5.73 Å². The Balaban J connectivity index is 2.28. The van der Waals surface area contributed by atoms with E-state index < -0.39 is 22.1 Å². The van der Waals surface area contributed by atoms with Crippen molar-refractivity contribution in [2.75, 3.05) is 13.1 Å². The fraction of sp³-hybridized carbons (Fsp3) is 0.286. The lowest BCUT2D eigenvalue weighted by Crippen LogP contribution is -2.47. The Labute approximate surface area is 132 Å². The molecule has 0 bridgehead atoms. The SMILES string of the molecule is Cc1ccc(S(=O)(=O)N2CC(=O)O[C@@H](C=C=CBr)C2)cc1. The molecule has 1 atom stereocenters. The van der Waals surface area contributed by atoms with Crippen LogP contribution < -0.4 is 0 Å². The molecule has 0 aromatic heterocycles. The van der Waals surface area contributed by atoms with Gasteiger partial charge in [-0.2, -0.15) is 4.31 Å². The molecule has 1 aromatic rings. The summed E-state index contributed by atoms with van der Waals surface area (Å²) in [6, 6.07) is 6.52. The van der Waals surface area contributed by atoms with Gasteiger partial charge in [0.25, 0.3) is 0 Å². The molecule has 1 aliphatic rings. The van der Waals surface area contributed by atoms with E-state index in [4.69, 9.17) is 4.74 Å². The highest BCUT2D eigenvalue weighted by Crippen LogP contribution is 2.20. The van der Waals surface area contributed by atoms with Gasteiger partial charge in [0.2, 0.25) is 10.0 Å². The van der Waals surface area contributed by atoms with Crippen molar-refractivity contribution in [3.8, 4) is 0 Å². The van der Waals surface area contributed by atoms with Crippen molar-refractivity contribution in [1.29, 1.82) is 0 Å². The minimum atomic E-state index is -3.71. The van der Waals surface area contributed by atoms with Gasteiger partial charge in [-0.05, 0) is 19.1 Å². The number of halogens is 1. The van der Waals surface area contributed by atoms with Gasteiger partial charge in [0, 0.05) is 11.1 Å². The maximum atomic E-state index is 12.5. The van der Waals surface area contributed by atoms with Crippen molar-refractivity contribution in [1.82, 2.24) is 4.31 Å². The predicted molar refractivity (Wildman–Crippen MR) is 81.4 cm³/mol.